The van der Waals surface area contributed by atoms with E-state index in [2.05, 4.69) is 31.0 Å². The first kappa shape index (κ1) is 14.3. The Labute approximate surface area is 133 Å². The van der Waals surface area contributed by atoms with Crippen LogP contribution in [0.5, 0.6) is 0 Å². The molecule has 0 bridgehead atoms. The van der Waals surface area contributed by atoms with Crippen LogP contribution in [0.3, 0.4) is 0 Å². The van der Waals surface area contributed by atoms with E-state index in [9.17, 15) is 8.76 Å². The molecule has 2 aromatic rings. The van der Waals surface area contributed by atoms with Gasteiger partial charge < -0.3 is 4.55 Å². The third-order valence-corrected chi connectivity index (χ3v) is 6.25. The lowest BCUT2D eigenvalue weighted by Crippen LogP contribution is -2.14. The van der Waals surface area contributed by atoms with Gasteiger partial charge in [0.25, 0.3) is 0 Å². The molecule has 22 heavy (non-hydrogen) atoms. The molecule has 1 aromatic heterocycles. The molecule has 1 N–H and O–H groups in total. The van der Waals surface area contributed by atoms with Gasteiger partial charge >= 0.3 is 0 Å². The number of benzene rings is 1. The number of rotatable bonds is 3. The van der Waals surface area contributed by atoms with Crippen molar-refractivity contribution in [3.05, 3.63) is 35.2 Å². The van der Waals surface area contributed by atoms with Crippen LogP contribution in [0, 0.1) is 5.41 Å². The maximum atomic E-state index is 12.1. The molecule has 4 heteroatoms. The van der Waals surface area contributed by atoms with Crippen molar-refractivity contribution >= 4 is 21.9 Å². The molecular weight excluding hydrogens is 294 g/mol. The minimum Gasteiger partial charge on any atom is -0.302 e. The van der Waals surface area contributed by atoms with Gasteiger partial charge in [0.05, 0.1) is 4.90 Å². The zero-order valence-corrected chi connectivity index (χ0v) is 13.9. The summed E-state index contributed by atoms with van der Waals surface area (Å²) in [5, 5.41) is 1.93. The summed E-state index contributed by atoms with van der Waals surface area (Å²) >= 11 is -1.95. The van der Waals surface area contributed by atoms with Crippen LogP contribution in [0.4, 0.5) is 0 Å². The largest absolute Gasteiger partial charge is 0.302 e. The standard InChI is InChI=1S/C18H21NO2S/c1-3-18(2)8-12-6-13-10-19-16(11-4-5-11)7-14(13)17(22(20)21)15(12)9-18/h6-7,10-11H,3-5,8-9H2,1-2H3,(H,20,21). The van der Waals surface area contributed by atoms with Gasteiger partial charge in [0.2, 0.25) is 0 Å². The molecule has 4 rings (SSSR count). The average molecular weight is 315 g/mol. The number of fused-ring (bicyclic) bond motifs is 2. The SMILES string of the molecule is CCC1(C)Cc2cc3cnc(C4CC4)cc3c(S(=O)O)c2C1. The summed E-state index contributed by atoms with van der Waals surface area (Å²) in [4.78, 5) is 5.20. The third-order valence-electron chi connectivity index (χ3n) is 5.44. The number of hydrogen-bond donors (Lipinski definition) is 1. The molecule has 116 valence electrons. The van der Waals surface area contributed by atoms with E-state index in [1.54, 1.807) is 0 Å². The van der Waals surface area contributed by atoms with Crippen molar-refractivity contribution in [2.45, 2.75) is 56.8 Å². The molecule has 0 saturated heterocycles. The fraction of sp³-hybridized carbons (Fsp3) is 0.500. The Balaban J connectivity index is 1.96. The van der Waals surface area contributed by atoms with Crippen molar-refractivity contribution < 1.29 is 8.76 Å². The molecule has 1 saturated carbocycles. The van der Waals surface area contributed by atoms with Crippen LogP contribution >= 0.6 is 0 Å². The number of nitrogens with zero attached hydrogens (tertiary/aromatic N) is 1. The highest BCUT2D eigenvalue weighted by Gasteiger charge is 2.35. The second kappa shape index (κ2) is 4.87. The van der Waals surface area contributed by atoms with Crippen LogP contribution < -0.4 is 0 Å². The van der Waals surface area contributed by atoms with E-state index >= 15 is 0 Å². The van der Waals surface area contributed by atoms with Crippen LogP contribution in [0.1, 0.15) is 55.8 Å². The molecule has 2 aliphatic carbocycles. The number of hydrogen-bond acceptors (Lipinski definition) is 2. The Morgan fingerprint density at radius 3 is 2.77 bits per heavy atom. The van der Waals surface area contributed by atoms with Gasteiger partial charge in [-0.05, 0) is 54.4 Å². The first-order valence-electron chi connectivity index (χ1n) is 8.06. The maximum absolute atomic E-state index is 12.1. The average Bonchev–Trinajstić information content (AvgIpc) is 3.27. The Kier molecular flexibility index (Phi) is 3.17. The van der Waals surface area contributed by atoms with Crippen molar-refractivity contribution in [2.75, 3.05) is 0 Å². The van der Waals surface area contributed by atoms with Crippen molar-refractivity contribution in [1.82, 2.24) is 4.98 Å². The zero-order chi connectivity index (χ0) is 15.5. The molecular formula is C18H21NO2S. The lowest BCUT2D eigenvalue weighted by atomic mass is 9.85. The van der Waals surface area contributed by atoms with Crippen LogP contribution in [0.25, 0.3) is 10.8 Å². The fourth-order valence-corrected chi connectivity index (χ4v) is 4.51. The van der Waals surface area contributed by atoms with Gasteiger partial charge in [-0.1, -0.05) is 20.3 Å². The molecule has 0 amide bonds. The van der Waals surface area contributed by atoms with Crippen molar-refractivity contribution in [3.63, 3.8) is 0 Å². The van der Waals surface area contributed by atoms with Crippen molar-refractivity contribution in [3.8, 4) is 0 Å². The van der Waals surface area contributed by atoms with Gasteiger partial charge in [-0.15, -0.1) is 0 Å². The molecule has 0 spiro atoms. The van der Waals surface area contributed by atoms with Crippen LogP contribution in [-0.2, 0) is 23.9 Å². The summed E-state index contributed by atoms with van der Waals surface area (Å²) in [6, 6.07) is 4.24. The highest BCUT2D eigenvalue weighted by Crippen LogP contribution is 2.45. The normalized spacial score (nSPS) is 25.4. The molecule has 0 radical (unpaired) electrons. The number of pyridine rings is 1. The first-order chi connectivity index (χ1) is 10.5. The summed E-state index contributed by atoms with van der Waals surface area (Å²) in [6.07, 6.45) is 7.24. The quantitative estimate of drug-likeness (QED) is 0.863. The van der Waals surface area contributed by atoms with E-state index in [0.29, 0.717) is 10.8 Å². The van der Waals surface area contributed by atoms with E-state index in [0.717, 1.165) is 41.3 Å². The van der Waals surface area contributed by atoms with Gasteiger partial charge in [0.15, 0.2) is 11.1 Å². The predicted molar refractivity (Wildman–Crippen MR) is 88.6 cm³/mol. The summed E-state index contributed by atoms with van der Waals surface area (Å²) in [5.41, 5.74) is 3.62. The summed E-state index contributed by atoms with van der Waals surface area (Å²) in [7, 11) is 0. The smallest absolute Gasteiger partial charge is 0.187 e. The first-order valence-corrected chi connectivity index (χ1v) is 9.17. The van der Waals surface area contributed by atoms with Crippen molar-refractivity contribution in [1.29, 1.82) is 0 Å². The highest BCUT2D eigenvalue weighted by molar-refractivity contribution is 7.79. The molecule has 1 fully saturated rings. The van der Waals surface area contributed by atoms with Crippen LogP contribution in [0.15, 0.2) is 23.2 Å². The highest BCUT2D eigenvalue weighted by atomic mass is 32.2. The van der Waals surface area contributed by atoms with Gasteiger partial charge in [0.1, 0.15) is 0 Å². The van der Waals surface area contributed by atoms with E-state index in [-0.39, 0.29) is 5.41 Å². The van der Waals surface area contributed by atoms with Gasteiger partial charge in [-0.3, -0.25) is 4.98 Å². The summed E-state index contributed by atoms with van der Waals surface area (Å²) < 4.78 is 22.0. The Hall–Kier alpha value is -1.26. The second-order valence-corrected chi connectivity index (χ2v) is 8.12. The Morgan fingerprint density at radius 1 is 1.36 bits per heavy atom. The van der Waals surface area contributed by atoms with Crippen molar-refractivity contribution in [2.24, 2.45) is 5.41 Å². The van der Waals surface area contributed by atoms with Gasteiger partial charge in [0, 0.05) is 28.6 Å². The van der Waals surface area contributed by atoms with Crippen LogP contribution in [-0.4, -0.2) is 13.7 Å². The van der Waals surface area contributed by atoms with E-state index in [1.165, 1.54) is 18.4 Å². The van der Waals surface area contributed by atoms with Gasteiger partial charge in [-0.25, -0.2) is 4.21 Å². The van der Waals surface area contributed by atoms with E-state index < -0.39 is 11.1 Å². The van der Waals surface area contributed by atoms with Gasteiger partial charge in [-0.2, -0.15) is 0 Å². The Bertz CT molecular complexity index is 797. The molecule has 1 heterocycles. The molecule has 2 atom stereocenters. The topological polar surface area (TPSA) is 50.2 Å². The minimum atomic E-state index is -1.95. The lowest BCUT2D eigenvalue weighted by molar-refractivity contribution is 0.331. The molecule has 1 aromatic carbocycles. The summed E-state index contributed by atoms with van der Waals surface area (Å²) in [6.45, 7) is 4.48. The Morgan fingerprint density at radius 2 is 2.14 bits per heavy atom. The van der Waals surface area contributed by atoms with E-state index in [1.807, 2.05) is 6.20 Å². The maximum Gasteiger partial charge on any atom is 0.187 e. The second-order valence-electron chi connectivity index (χ2n) is 7.21. The monoisotopic (exact) mass is 315 g/mol. The number of aromatic nitrogens is 1. The predicted octanol–water partition coefficient (Wildman–Crippen LogP) is 4.21. The third kappa shape index (κ3) is 2.20. The minimum absolute atomic E-state index is 0.209. The zero-order valence-electron chi connectivity index (χ0n) is 13.1. The molecule has 2 aliphatic rings. The molecule has 0 aliphatic heterocycles. The molecule has 3 nitrogen and oxygen atoms in total. The summed E-state index contributed by atoms with van der Waals surface area (Å²) in [5.74, 6) is 0.554. The fourth-order valence-electron chi connectivity index (χ4n) is 3.73. The molecule has 2 unspecified atom stereocenters. The van der Waals surface area contributed by atoms with E-state index in [4.69, 9.17) is 0 Å². The lowest BCUT2D eigenvalue weighted by Gasteiger charge is -2.20. The van der Waals surface area contributed by atoms with Crippen LogP contribution in [0.2, 0.25) is 0 Å².